The average Bonchev–Trinajstić information content (AvgIpc) is 3.30. The topological polar surface area (TPSA) is 120 Å². The molecule has 1 amide bonds. The van der Waals surface area contributed by atoms with E-state index in [0.717, 1.165) is 5.56 Å². The molecule has 2 aromatic carbocycles. The molecule has 206 valence electrons. The van der Waals surface area contributed by atoms with Crippen molar-refractivity contribution in [3.63, 3.8) is 0 Å². The number of benzene rings is 2. The molecule has 1 aliphatic rings. The first-order valence-electron chi connectivity index (χ1n) is 12.7. The van der Waals surface area contributed by atoms with Crippen LogP contribution in [0.4, 0.5) is 10.5 Å². The Hall–Kier alpha value is -4.12. The highest BCUT2D eigenvalue weighted by Gasteiger charge is 2.41. The maximum absolute atomic E-state index is 13.3. The molecule has 11 heteroatoms. The summed E-state index contributed by atoms with van der Waals surface area (Å²) in [6, 6.07) is 13.5. The van der Waals surface area contributed by atoms with Crippen LogP contribution in [0, 0.1) is 4.91 Å². The molecule has 3 aromatic rings. The summed E-state index contributed by atoms with van der Waals surface area (Å²) in [6.07, 6.45) is 0.935. The van der Waals surface area contributed by atoms with Crippen LogP contribution in [0.3, 0.4) is 0 Å². The SMILES string of the molecule is CO[N+](=O)c1ccc2ncn(CC(=O)C[C@@H]3[C@@H](OCc4ccccc4)CCN3C(=O)OC(C)(C)C)c(=O)c2c1. The highest BCUT2D eigenvalue weighted by molar-refractivity contribution is 5.82. The second kappa shape index (κ2) is 11.7. The van der Waals surface area contributed by atoms with E-state index in [2.05, 4.69) is 9.82 Å². The van der Waals surface area contributed by atoms with E-state index in [1.807, 2.05) is 30.3 Å². The van der Waals surface area contributed by atoms with Crippen LogP contribution in [0.1, 0.15) is 39.2 Å². The third-order valence-electron chi connectivity index (χ3n) is 6.39. The van der Waals surface area contributed by atoms with E-state index >= 15 is 0 Å². The summed E-state index contributed by atoms with van der Waals surface area (Å²) < 4.78 is 12.9. The van der Waals surface area contributed by atoms with Crippen molar-refractivity contribution in [3.8, 4) is 0 Å². The predicted molar refractivity (Wildman–Crippen MR) is 142 cm³/mol. The van der Waals surface area contributed by atoms with E-state index < -0.39 is 23.3 Å². The molecule has 2 heterocycles. The van der Waals surface area contributed by atoms with E-state index in [1.54, 1.807) is 25.7 Å². The highest BCUT2D eigenvalue weighted by atomic mass is 16.8. The minimum absolute atomic E-state index is 0.0266. The number of likely N-dealkylation sites (tertiary alicyclic amines) is 1. The lowest BCUT2D eigenvalue weighted by molar-refractivity contribution is -0.736. The van der Waals surface area contributed by atoms with Gasteiger partial charge in [0.1, 0.15) is 5.60 Å². The summed E-state index contributed by atoms with van der Waals surface area (Å²) in [5.41, 5.74) is 0.340. The van der Waals surface area contributed by atoms with Crippen molar-refractivity contribution in [2.24, 2.45) is 0 Å². The van der Waals surface area contributed by atoms with Crippen molar-refractivity contribution in [2.75, 3.05) is 13.7 Å². The van der Waals surface area contributed by atoms with Gasteiger partial charge >= 0.3 is 11.8 Å². The third-order valence-corrected chi connectivity index (χ3v) is 6.39. The summed E-state index contributed by atoms with van der Waals surface area (Å²) >= 11 is 0. The van der Waals surface area contributed by atoms with E-state index in [-0.39, 0.29) is 40.8 Å². The van der Waals surface area contributed by atoms with Crippen LogP contribution in [0.5, 0.6) is 0 Å². The summed E-state index contributed by atoms with van der Waals surface area (Å²) in [7, 11) is 1.22. The lowest BCUT2D eigenvalue weighted by atomic mass is 10.0. The number of ether oxygens (including phenoxy) is 2. The number of hydrogen-bond donors (Lipinski definition) is 0. The number of Topliss-reactive ketones (excluding diaryl/α,β-unsaturated/α-hetero) is 1. The molecule has 0 spiro atoms. The Morgan fingerprint density at radius 1 is 1.13 bits per heavy atom. The number of ketones is 1. The van der Waals surface area contributed by atoms with Gasteiger partial charge in [-0.3, -0.25) is 14.2 Å². The van der Waals surface area contributed by atoms with Gasteiger partial charge in [-0.05, 0) is 38.8 Å². The number of amides is 1. The minimum atomic E-state index is -0.694. The summed E-state index contributed by atoms with van der Waals surface area (Å²) in [5, 5.41) is 0.181. The monoisotopic (exact) mass is 537 g/mol. The first-order valence-corrected chi connectivity index (χ1v) is 12.7. The first kappa shape index (κ1) is 27.9. The zero-order valence-electron chi connectivity index (χ0n) is 22.5. The lowest BCUT2D eigenvalue weighted by Gasteiger charge is -2.30. The molecule has 11 nitrogen and oxygen atoms in total. The fourth-order valence-corrected chi connectivity index (χ4v) is 4.55. The van der Waals surface area contributed by atoms with E-state index in [4.69, 9.17) is 9.47 Å². The lowest BCUT2D eigenvalue weighted by Crippen LogP contribution is -2.44. The molecule has 4 rings (SSSR count). The zero-order chi connectivity index (χ0) is 28.2. The van der Waals surface area contributed by atoms with Crippen LogP contribution in [-0.2, 0) is 32.3 Å². The van der Waals surface area contributed by atoms with Gasteiger partial charge in [0.15, 0.2) is 12.9 Å². The van der Waals surface area contributed by atoms with Crippen LogP contribution in [0.25, 0.3) is 10.9 Å². The fourth-order valence-electron chi connectivity index (χ4n) is 4.55. The molecule has 1 fully saturated rings. The Morgan fingerprint density at radius 2 is 1.87 bits per heavy atom. The Morgan fingerprint density at radius 3 is 2.56 bits per heavy atom. The van der Waals surface area contributed by atoms with Gasteiger partial charge in [-0.2, -0.15) is 0 Å². The molecule has 2 atom stereocenters. The van der Waals surface area contributed by atoms with Crippen LogP contribution < -0.4 is 5.56 Å². The molecule has 1 aliphatic heterocycles. The van der Waals surface area contributed by atoms with Gasteiger partial charge in [-0.15, -0.1) is 0 Å². The third kappa shape index (κ3) is 6.85. The second-order valence-corrected chi connectivity index (χ2v) is 10.4. The molecule has 1 saturated heterocycles. The number of carbonyl (C=O) groups excluding carboxylic acids is 2. The zero-order valence-corrected chi connectivity index (χ0v) is 22.5. The normalized spacial score (nSPS) is 17.3. The summed E-state index contributed by atoms with van der Waals surface area (Å²) in [6.45, 7) is 5.83. The van der Waals surface area contributed by atoms with Crippen molar-refractivity contribution in [1.82, 2.24) is 14.5 Å². The summed E-state index contributed by atoms with van der Waals surface area (Å²) in [5.74, 6) is -0.273. The first-order chi connectivity index (χ1) is 18.6. The molecule has 0 aliphatic carbocycles. The van der Waals surface area contributed by atoms with Gasteiger partial charge in [-0.1, -0.05) is 30.3 Å². The van der Waals surface area contributed by atoms with Gasteiger partial charge in [-0.25, -0.2) is 14.6 Å². The fraction of sp³-hybridized carbons (Fsp3) is 0.429. The highest BCUT2D eigenvalue weighted by Crippen LogP contribution is 2.27. The molecule has 1 aromatic heterocycles. The number of rotatable bonds is 9. The molecule has 0 N–H and O–H groups in total. The number of hydrogen-bond acceptors (Lipinski definition) is 8. The van der Waals surface area contributed by atoms with Crippen LogP contribution in [-0.4, -0.2) is 62.7 Å². The average molecular weight is 538 g/mol. The van der Waals surface area contributed by atoms with Crippen molar-refractivity contribution >= 4 is 28.5 Å². The summed E-state index contributed by atoms with van der Waals surface area (Å²) in [4.78, 5) is 61.9. The van der Waals surface area contributed by atoms with E-state index in [1.165, 1.54) is 36.2 Å². The Kier molecular flexibility index (Phi) is 8.39. The van der Waals surface area contributed by atoms with E-state index in [0.29, 0.717) is 25.1 Å². The van der Waals surface area contributed by atoms with E-state index in [9.17, 15) is 19.3 Å². The number of carbonyl (C=O) groups is 2. The number of aromatic nitrogens is 2. The molecular weight excluding hydrogens is 504 g/mol. The molecule has 0 bridgehead atoms. The predicted octanol–water partition coefficient (Wildman–Crippen LogP) is 3.92. The van der Waals surface area contributed by atoms with Crippen LogP contribution in [0.15, 0.2) is 59.7 Å². The molecular formula is C28H33N4O7+. The maximum Gasteiger partial charge on any atom is 0.410 e. The van der Waals surface area contributed by atoms with Crippen molar-refractivity contribution in [1.29, 1.82) is 0 Å². The van der Waals surface area contributed by atoms with Gasteiger partial charge in [0.05, 0.1) is 47.4 Å². The standard InChI is InChI=1S/C28H33N4O7/c1-28(2,3)39-27(35)31-13-12-25(38-17-19-8-6-5-7-9-19)24(31)15-21(33)16-30-18-29-23-11-10-20(32(36)37-4)14-22(23)26(30)34/h5-11,14,18,24-25H,12-13,15-17H2,1-4H3/q+1/t24-,25+/m1/s1. The number of fused-ring (bicyclic) bond motifs is 1. The smallest absolute Gasteiger partial charge is 0.410 e. The van der Waals surface area contributed by atoms with Crippen molar-refractivity contribution in [2.45, 2.75) is 64.5 Å². The van der Waals surface area contributed by atoms with Gasteiger partial charge in [0, 0.05) is 25.1 Å². The molecule has 0 unspecified atom stereocenters. The van der Waals surface area contributed by atoms with Gasteiger partial charge in [0.2, 0.25) is 0 Å². The van der Waals surface area contributed by atoms with Crippen molar-refractivity contribution in [3.05, 3.63) is 75.7 Å². The van der Waals surface area contributed by atoms with Crippen LogP contribution >= 0.6 is 0 Å². The molecule has 0 radical (unpaired) electrons. The quantitative estimate of drug-likeness (QED) is 0.377. The maximum atomic E-state index is 13.3. The Labute approximate surface area is 225 Å². The van der Waals surface area contributed by atoms with Gasteiger partial charge in [0.25, 0.3) is 10.5 Å². The van der Waals surface area contributed by atoms with Crippen molar-refractivity contribution < 1.29 is 28.8 Å². The molecule has 0 saturated carbocycles. The largest absolute Gasteiger partial charge is 0.444 e. The van der Waals surface area contributed by atoms with Gasteiger partial charge < -0.3 is 14.4 Å². The Bertz CT molecular complexity index is 1410. The number of nitrogens with zero attached hydrogens (tertiary/aromatic N) is 4. The second-order valence-electron chi connectivity index (χ2n) is 10.4. The van der Waals surface area contributed by atoms with Crippen LogP contribution in [0.2, 0.25) is 0 Å². The molecule has 39 heavy (non-hydrogen) atoms. The Balaban J connectivity index is 1.53. The minimum Gasteiger partial charge on any atom is -0.444 e.